The summed E-state index contributed by atoms with van der Waals surface area (Å²) in [7, 11) is 0. The molecule has 2 atom stereocenters. The molecule has 2 N–H and O–H groups in total. The predicted octanol–water partition coefficient (Wildman–Crippen LogP) is 3.96. The van der Waals surface area contributed by atoms with Crippen LogP contribution in [0.15, 0.2) is 18.2 Å². The van der Waals surface area contributed by atoms with E-state index < -0.39 is 29.3 Å². The maximum atomic E-state index is 13.1. The van der Waals surface area contributed by atoms with E-state index in [4.69, 9.17) is 5.73 Å². The summed E-state index contributed by atoms with van der Waals surface area (Å²) in [5.41, 5.74) is 5.46. The molecule has 0 spiro atoms. The van der Waals surface area contributed by atoms with Gasteiger partial charge in [0, 0.05) is 5.54 Å². The molecule has 20 heavy (non-hydrogen) atoms. The highest BCUT2D eigenvalue weighted by molar-refractivity contribution is 5.20. The van der Waals surface area contributed by atoms with Crippen molar-refractivity contribution in [1.82, 2.24) is 0 Å². The Kier molecular flexibility index (Phi) is 4.04. The van der Waals surface area contributed by atoms with Gasteiger partial charge in [-0.15, -0.1) is 0 Å². The highest BCUT2D eigenvalue weighted by Gasteiger charge is 2.46. The first kappa shape index (κ1) is 15.2. The van der Waals surface area contributed by atoms with Crippen molar-refractivity contribution in [3.8, 4) is 0 Å². The molecule has 6 heteroatoms. The number of rotatable bonds is 2. The molecule has 2 rings (SSSR count). The monoisotopic (exact) mass is 293 g/mol. The van der Waals surface area contributed by atoms with Gasteiger partial charge in [-0.3, -0.25) is 0 Å². The van der Waals surface area contributed by atoms with E-state index in [9.17, 15) is 22.0 Å². The lowest BCUT2D eigenvalue weighted by molar-refractivity contribution is -0.187. The predicted molar refractivity (Wildman–Crippen MR) is 65.0 cm³/mol. The Morgan fingerprint density at radius 2 is 1.90 bits per heavy atom. The zero-order valence-corrected chi connectivity index (χ0v) is 10.8. The number of hydrogen-bond acceptors (Lipinski definition) is 1. The first-order valence-corrected chi connectivity index (χ1v) is 6.49. The Bertz CT molecular complexity index is 485. The van der Waals surface area contributed by atoms with Crippen LogP contribution in [-0.2, 0) is 6.42 Å². The van der Waals surface area contributed by atoms with Crippen molar-refractivity contribution in [2.24, 2.45) is 11.7 Å². The summed E-state index contributed by atoms with van der Waals surface area (Å²) < 4.78 is 64.3. The molecule has 1 fully saturated rings. The number of benzene rings is 1. The largest absolute Gasteiger partial charge is 0.391 e. The summed E-state index contributed by atoms with van der Waals surface area (Å²) >= 11 is 0. The van der Waals surface area contributed by atoms with Crippen LogP contribution in [0.5, 0.6) is 0 Å². The third kappa shape index (κ3) is 3.48. The van der Waals surface area contributed by atoms with Crippen LogP contribution in [0.25, 0.3) is 0 Å². The molecular formula is C14H16F5N. The molecular weight excluding hydrogens is 277 g/mol. The molecule has 1 aromatic carbocycles. The van der Waals surface area contributed by atoms with Crippen LogP contribution in [0.4, 0.5) is 22.0 Å². The normalized spacial score (nSPS) is 27.6. The molecule has 1 nitrogen and oxygen atoms in total. The minimum atomic E-state index is -4.25. The van der Waals surface area contributed by atoms with E-state index in [0.29, 0.717) is 18.4 Å². The minimum absolute atomic E-state index is 0.0836. The Morgan fingerprint density at radius 1 is 1.20 bits per heavy atom. The standard InChI is InChI=1S/C14H16F5N/c15-11-4-3-9(6-12(11)16)7-13(20)5-1-2-10(8-13)14(17,18)19/h3-4,6,10H,1-2,5,7-8,20H2. The van der Waals surface area contributed by atoms with Crippen molar-refractivity contribution in [3.63, 3.8) is 0 Å². The summed E-state index contributed by atoms with van der Waals surface area (Å²) in [6.07, 6.45) is -3.37. The molecule has 0 aliphatic heterocycles. The van der Waals surface area contributed by atoms with Gasteiger partial charge in [0.1, 0.15) is 0 Å². The van der Waals surface area contributed by atoms with Gasteiger partial charge in [0.15, 0.2) is 11.6 Å². The molecule has 0 saturated heterocycles. The van der Waals surface area contributed by atoms with Crippen molar-refractivity contribution in [2.45, 2.75) is 43.8 Å². The van der Waals surface area contributed by atoms with E-state index in [2.05, 4.69) is 0 Å². The van der Waals surface area contributed by atoms with Crippen molar-refractivity contribution in [1.29, 1.82) is 0 Å². The van der Waals surface area contributed by atoms with Crippen LogP contribution in [0.3, 0.4) is 0 Å². The van der Waals surface area contributed by atoms with Gasteiger partial charge in [0.05, 0.1) is 5.92 Å². The summed E-state index contributed by atoms with van der Waals surface area (Å²) in [5.74, 6) is -3.39. The molecule has 1 aliphatic carbocycles. The second kappa shape index (κ2) is 5.31. The third-order valence-electron chi connectivity index (χ3n) is 3.88. The smallest absolute Gasteiger partial charge is 0.325 e. The summed E-state index contributed by atoms with van der Waals surface area (Å²) in [6.45, 7) is 0. The molecule has 112 valence electrons. The van der Waals surface area contributed by atoms with E-state index in [1.54, 1.807) is 0 Å². The van der Waals surface area contributed by atoms with Crippen molar-refractivity contribution < 1.29 is 22.0 Å². The Labute approximate surface area is 114 Å². The molecule has 0 bridgehead atoms. The molecule has 0 amide bonds. The number of halogens is 5. The van der Waals surface area contributed by atoms with E-state index in [0.717, 1.165) is 12.1 Å². The zero-order chi connectivity index (χ0) is 15.0. The van der Waals surface area contributed by atoms with Crippen LogP contribution in [-0.4, -0.2) is 11.7 Å². The minimum Gasteiger partial charge on any atom is -0.325 e. The van der Waals surface area contributed by atoms with Crippen molar-refractivity contribution in [3.05, 3.63) is 35.4 Å². The fourth-order valence-electron chi connectivity index (χ4n) is 2.89. The first-order valence-electron chi connectivity index (χ1n) is 6.49. The van der Waals surface area contributed by atoms with E-state index in [1.165, 1.54) is 6.07 Å². The van der Waals surface area contributed by atoms with Crippen LogP contribution in [0, 0.1) is 17.6 Å². The number of nitrogens with two attached hydrogens (primary N) is 1. The lowest BCUT2D eigenvalue weighted by Gasteiger charge is -2.39. The number of alkyl halides is 3. The van der Waals surface area contributed by atoms with Crippen LogP contribution in [0.1, 0.15) is 31.2 Å². The first-order chi connectivity index (χ1) is 9.20. The lowest BCUT2D eigenvalue weighted by Crippen LogP contribution is -2.48. The topological polar surface area (TPSA) is 26.0 Å². The maximum absolute atomic E-state index is 13.1. The third-order valence-corrected chi connectivity index (χ3v) is 3.88. The average molecular weight is 293 g/mol. The second-order valence-corrected chi connectivity index (χ2v) is 5.62. The van der Waals surface area contributed by atoms with Gasteiger partial charge in [-0.25, -0.2) is 8.78 Å². The second-order valence-electron chi connectivity index (χ2n) is 5.62. The fraction of sp³-hybridized carbons (Fsp3) is 0.571. The van der Waals surface area contributed by atoms with Gasteiger partial charge >= 0.3 is 6.18 Å². The van der Waals surface area contributed by atoms with E-state index >= 15 is 0 Å². The van der Waals surface area contributed by atoms with Crippen LogP contribution < -0.4 is 5.73 Å². The SMILES string of the molecule is NC1(Cc2ccc(F)c(F)c2)CCCC(C(F)(F)F)C1. The molecule has 1 aromatic rings. The van der Waals surface area contributed by atoms with Crippen molar-refractivity contribution >= 4 is 0 Å². The highest BCUT2D eigenvalue weighted by atomic mass is 19.4. The highest BCUT2D eigenvalue weighted by Crippen LogP contribution is 2.41. The van der Waals surface area contributed by atoms with Gasteiger partial charge < -0.3 is 5.73 Å². The van der Waals surface area contributed by atoms with Gasteiger partial charge in [0.2, 0.25) is 0 Å². The Balaban J connectivity index is 2.12. The fourth-order valence-corrected chi connectivity index (χ4v) is 2.89. The molecule has 0 radical (unpaired) electrons. The van der Waals surface area contributed by atoms with Gasteiger partial charge in [-0.05, 0) is 43.4 Å². The summed E-state index contributed by atoms with van der Waals surface area (Å²) in [5, 5.41) is 0. The summed E-state index contributed by atoms with van der Waals surface area (Å²) in [4.78, 5) is 0. The lowest BCUT2D eigenvalue weighted by atomic mass is 9.73. The quantitative estimate of drug-likeness (QED) is 0.821. The molecule has 0 aromatic heterocycles. The average Bonchev–Trinajstić information content (AvgIpc) is 2.32. The van der Waals surface area contributed by atoms with Gasteiger partial charge in [0.25, 0.3) is 0 Å². The Hall–Kier alpha value is -1.17. The van der Waals surface area contributed by atoms with Crippen LogP contribution >= 0.6 is 0 Å². The molecule has 1 aliphatic rings. The maximum Gasteiger partial charge on any atom is 0.391 e. The summed E-state index contributed by atoms with van der Waals surface area (Å²) in [6, 6.07) is 3.34. The van der Waals surface area contributed by atoms with Crippen LogP contribution in [0.2, 0.25) is 0 Å². The Morgan fingerprint density at radius 3 is 2.50 bits per heavy atom. The number of hydrogen-bond donors (Lipinski definition) is 1. The molecule has 0 heterocycles. The van der Waals surface area contributed by atoms with Gasteiger partial charge in [-0.2, -0.15) is 13.2 Å². The van der Waals surface area contributed by atoms with E-state index in [-0.39, 0.29) is 19.3 Å². The molecule has 2 unspecified atom stereocenters. The van der Waals surface area contributed by atoms with E-state index in [1.807, 2.05) is 0 Å². The van der Waals surface area contributed by atoms with Gasteiger partial charge in [-0.1, -0.05) is 12.5 Å². The van der Waals surface area contributed by atoms with Crippen molar-refractivity contribution in [2.75, 3.05) is 0 Å². The molecule has 1 saturated carbocycles. The zero-order valence-electron chi connectivity index (χ0n) is 10.8.